The number of hydrogen-bond acceptors (Lipinski definition) is 6. The molecule has 0 aliphatic carbocycles. The number of phosphoric ester groups is 1. The van der Waals surface area contributed by atoms with Gasteiger partial charge in [-0.3, -0.25) is 9.36 Å². The molecule has 0 bridgehead atoms. The number of carbonyl (C=O) groups excluding carboxylic acids is 1. The quantitative estimate of drug-likeness (QED) is 0.0272. The Hall–Kier alpha value is -1.02. The predicted molar refractivity (Wildman–Crippen MR) is 353 cm³/mol. The van der Waals surface area contributed by atoms with Crippen molar-refractivity contribution in [3.8, 4) is 0 Å². The Labute approximate surface area is 506 Å². The Balaban J connectivity index is 3.92. The van der Waals surface area contributed by atoms with Gasteiger partial charge in [-0.05, 0) is 44.9 Å². The first-order valence-corrected chi connectivity index (χ1v) is 37.6. The molecule has 0 saturated heterocycles. The molecule has 3 unspecified atom stereocenters. The second-order valence-corrected chi connectivity index (χ2v) is 27.7. The SMILES string of the molecule is CCCCCCC/C=C\C/C=C\CCCCCCCCCCCCCCCCCCCCCCCCCCCC(=O)NC(COP(=O)([O-])OCC[N+](C)(C)C)C(O)CCCCCCCCCCCCCCCCCCCCCCCC. The summed E-state index contributed by atoms with van der Waals surface area (Å²) in [6.45, 7) is 4.78. The highest BCUT2D eigenvalue weighted by Gasteiger charge is 2.24. The zero-order valence-corrected chi connectivity index (χ0v) is 56.2. The Morgan fingerprint density at radius 3 is 1.02 bits per heavy atom. The van der Waals surface area contributed by atoms with Crippen LogP contribution in [-0.2, 0) is 18.4 Å². The van der Waals surface area contributed by atoms with Crippen LogP contribution in [0.2, 0.25) is 0 Å². The van der Waals surface area contributed by atoms with E-state index in [4.69, 9.17) is 9.05 Å². The highest BCUT2D eigenvalue weighted by Crippen LogP contribution is 2.38. The van der Waals surface area contributed by atoms with Crippen LogP contribution in [0, 0.1) is 0 Å². The zero-order chi connectivity index (χ0) is 59.1. The van der Waals surface area contributed by atoms with Crippen molar-refractivity contribution in [1.82, 2.24) is 5.32 Å². The number of likely N-dealkylation sites (N-methyl/N-ethyl adjacent to an activating group) is 1. The smallest absolute Gasteiger partial charge is 0.268 e. The minimum Gasteiger partial charge on any atom is -0.756 e. The highest BCUT2D eigenvalue weighted by molar-refractivity contribution is 7.45. The fourth-order valence-corrected chi connectivity index (χ4v) is 12.0. The maximum atomic E-state index is 13.1. The van der Waals surface area contributed by atoms with Crippen LogP contribution in [0.1, 0.15) is 380 Å². The summed E-state index contributed by atoms with van der Waals surface area (Å²) in [4.78, 5) is 25.7. The molecule has 0 aliphatic rings. The van der Waals surface area contributed by atoms with Crippen LogP contribution >= 0.6 is 7.82 Å². The number of allylic oxidation sites excluding steroid dienone is 4. The lowest BCUT2D eigenvalue weighted by Crippen LogP contribution is -2.46. The molecule has 0 saturated carbocycles. The fraction of sp³-hybridized carbons (Fsp3) is 0.931. The van der Waals surface area contributed by atoms with Crippen LogP contribution in [0.5, 0.6) is 0 Å². The third-order valence-electron chi connectivity index (χ3n) is 16.9. The molecule has 0 rings (SSSR count). The number of unbranched alkanes of at least 4 members (excludes halogenated alkanes) is 51. The number of aliphatic hydroxyl groups excluding tert-OH is 1. The average molecular weight is 1160 g/mol. The van der Waals surface area contributed by atoms with Crippen molar-refractivity contribution in [2.75, 3.05) is 40.9 Å². The fourth-order valence-electron chi connectivity index (χ4n) is 11.3. The summed E-state index contributed by atoms with van der Waals surface area (Å²) in [5.41, 5.74) is 0. The van der Waals surface area contributed by atoms with Gasteiger partial charge in [0, 0.05) is 6.42 Å². The molecular weight excluding hydrogens is 1020 g/mol. The van der Waals surface area contributed by atoms with Crippen molar-refractivity contribution in [2.24, 2.45) is 0 Å². The van der Waals surface area contributed by atoms with E-state index >= 15 is 0 Å². The standard InChI is InChI=1S/C72H143N2O6P/c1-6-8-10-12-14-16-18-20-22-24-26-28-30-31-32-33-34-35-36-37-38-39-40-41-42-43-44-46-48-50-52-54-56-58-60-62-64-66-72(76)73-70(69-80-81(77,78)79-68-67-74(3,4)5)71(75)65-63-61-59-57-55-53-51-49-47-45-29-27-25-23-21-19-17-15-13-11-9-7-2/h18,20,24,26,70-71,75H,6-17,19,21-23,25,27-69H2,1-5H3,(H-,73,76,77,78)/b20-18-,26-24-. The number of aliphatic hydroxyl groups is 1. The molecule has 0 aromatic rings. The molecule has 0 fully saturated rings. The number of amides is 1. The summed E-state index contributed by atoms with van der Waals surface area (Å²) in [6.07, 6.45) is 82.7. The first-order valence-electron chi connectivity index (χ1n) is 36.2. The molecule has 482 valence electrons. The van der Waals surface area contributed by atoms with E-state index in [-0.39, 0.29) is 19.1 Å². The zero-order valence-electron chi connectivity index (χ0n) is 55.3. The van der Waals surface area contributed by atoms with Crippen LogP contribution in [0.3, 0.4) is 0 Å². The number of phosphoric acid groups is 1. The molecule has 0 radical (unpaired) electrons. The van der Waals surface area contributed by atoms with Crippen molar-refractivity contribution in [2.45, 2.75) is 392 Å². The number of quaternary nitrogens is 1. The maximum Gasteiger partial charge on any atom is 0.268 e. The van der Waals surface area contributed by atoms with E-state index in [9.17, 15) is 19.4 Å². The first-order chi connectivity index (χ1) is 39.5. The number of carbonyl (C=O) groups is 1. The van der Waals surface area contributed by atoms with E-state index < -0.39 is 20.0 Å². The molecule has 0 spiro atoms. The number of nitrogens with zero attached hydrogens (tertiary/aromatic N) is 1. The minimum absolute atomic E-state index is 0.0156. The van der Waals surface area contributed by atoms with Crippen LogP contribution in [0.4, 0.5) is 0 Å². The Bertz CT molecular complexity index is 1370. The summed E-state index contributed by atoms with van der Waals surface area (Å²) < 4.78 is 23.5. The van der Waals surface area contributed by atoms with Gasteiger partial charge in [0.2, 0.25) is 5.91 Å². The summed E-state index contributed by atoms with van der Waals surface area (Å²) >= 11 is 0. The van der Waals surface area contributed by atoms with Gasteiger partial charge in [-0.25, -0.2) is 0 Å². The number of hydrogen-bond donors (Lipinski definition) is 2. The van der Waals surface area contributed by atoms with E-state index in [0.717, 1.165) is 44.9 Å². The first kappa shape index (κ1) is 80.0. The normalized spacial score (nSPS) is 13.7. The second-order valence-electron chi connectivity index (χ2n) is 26.3. The van der Waals surface area contributed by atoms with Gasteiger partial charge in [0.25, 0.3) is 7.82 Å². The maximum absolute atomic E-state index is 13.1. The van der Waals surface area contributed by atoms with Crippen molar-refractivity contribution in [3.63, 3.8) is 0 Å². The summed E-state index contributed by atoms with van der Waals surface area (Å²) in [7, 11) is 1.33. The van der Waals surface area contributed by atoms with Crippen LogP contribution < -0.4 is 10.2 Å². The molecule has 3 atom stereocenters. The van der Waals surface area contributed by atoms with Crippen molar-refractivity contribution < 1.29 is 32.9 Å². The minimum atomic E-state index is -4.58. The third-order valence-corrected chi connectivity index (χ3v) is 17.9. The Morgan fingerprint density at radius 1 is 0.432 bits per heavy atom. The van der Waals surface area contributed by atoms with Gasteiger partial charge in [-0.2, -0.15) is 0 Å². The molecule has 2 N–H and O–H groups in total. The lowest BCUT2D eigenvalue weighted by atomic mass is 10.0. The van der Waals surface area contributed by atoms with Gasteiger partial charge >= 0.3 is 0 Å². The summed E-state index contributed by atoms with van der Waals surface area (Å²) in [5, 5.41) is 14.1. The van der Waals surface area contributed by atoms with Gasteiger partial charge in [0.05, 0.1) is 39.9 Å². The lowest BCUT2D eigenvalue weighted by Gasteiger charge is -2.30. The van der Waals surface area contributed by atoms with Crippen LogP contribution in [-0.4, -0.2) is 68.5 Å². The van der Waals surface area contributed by atoms with Gasteiger partial charge < -0.3 is 28.8 Å². The summed E-state index contributed by atoms with van der Waals surface area (Å²) in [6, 6.07) is -0.799. The molecule has 0 aliphatic heterocycles. The average Bonchev–Trinajstić information content (AvgIpc) is 3.43. The van der Waals surface area contributed by atoms with E-state index in [2.05, 4.69) is 43.5 Å². The van der Waals surface area contributed by atoms with Crippen molar-refractivity contribution >= 4 is 13.7 Å². The van der Waals surface area contributed by atoms with E-state index in [1.165, 1.54) is 308 Å². The lowest BCUT2D eigenvalue weighted by molar-refractivity contribution is -0.870. The van der Waals surface area contributed by atoms with Gasteiger partial charge in [0.1, 0.15) is 13.2 Å². The number of nitrogens with one attached hydrogen (secondary N) is 1. The monoisotopic (exact) mass is 1160 g/mol. The molecule has 8 nitrogen and oxygen atoms in total. The van der Waals surface area contributed by atoms with Crippen LogP contribution in [0.25, 0.3) is 0 Å². The van der Waals surface area contributed by atoms with Crippen LogP contribution in [0.15, 0.2) is 24.3 Å². The Kier molecular flexibility index (Phi) is 62.7. The topological polar surface area (TPSA) is 108 Å². The van der Waals surface area contributed by atoms with Gasteiger partial charge in [-0.15, -0.1) is 0 Å². The number of rotatable bonds is 68. The highest BCUT2D eigenvalue weighted by atomic mass is 31.2. The largest absolute Gasteiger partial charge is 0.756 e. The molecule has 0 heterocycles. The van der Waals surface area contributed by atoms with Crippen molar-refractivity contribution in [3.05, 3.63) is 24.3 Å². The van der Waals surface area contributed by atoms with Gasteiger partial charge in [0.15, 0.2) is 0 Å². The van der Waals surface area contributed by atoms with Gasteiger partial charge in [-0.1, -0.05) is 353 Å². The van der Waals surface area contributed by atoms with Crippen molar-refractivity contribution in [1.29, 1.82) is 0 Å². The molecule has 0 aromatic carbocycles. The molecule has 81 heavy (non-hydrogen) atoms. The van der Waals surface area contributed by atoms with E-state index in [0.29, 0.717) is 23.9 Å². The second kappa shape index (κ2) is 63.5. The Morgan fingerprint density at radius 2 is 0.716 bits per heavy atom. The molecule has 1 amide bonds. The van der Waals surface area contributed by atoms with E-state index in [1.807, 2.05) is 21.1 Å². The molecule has 9 heteroatoms. The predicted octanol–water partition coefficient (Wildman–Crippen LogP) is 22.4. The molecular formula is C72H143N2O6P. The molecule has 0 aromatic heterocycles. The summed E-state index contributed by atoms with van der Waals surface area (Å²) in [5.74, 6) is -0.155. The van der Waals surface area contributed by atoms with E-state index in [1.54, 1.807) is 0 Å². The third kappa shape index (κ3) is 66.4.